The fraction of sp³-hybridized carbons (Fsp3) is 0.480. The van der Waals surface area contributed by atoms with Crippen LogP contribution in [0.15, 0.2) is 42.5 Å². The predicted octanol–water partition coefficient (Wildman–Crippen LogP) is 5.00. The van der Waals surface area contributed by atoms with Gasteiger partial charge in [0.2, 0.25) is 0 Å². The number of benzene rings is 2. The average molecular weight is 426 g/mol. The van der Waals surface area contributed by atoms with E-state index in [0.717, 1.165) is 60.3 Å². The summed E-state index contributed by atoms with van der Waals surface area (Å²) in [5.74, 6) is 3.81. The van der Waals surface area contributed by atoms with Gasteiger partial charge in [-0.2, -0.15) is 0 Å². The molecule has 3 aromatic rings. The normalized spacial score (nSPS) is 11.5. The van der Waals surface area contributed by atoms with Crippen molar-refractivity contribution in [2.24, 2.45) is 5.92 Å². The van der Waals surface area contributed by atoms with Crippen molar-refractivity contribution in [3.05, 3.63) is 48.3 Å². The van der Waals surface area contributed by atoms with E-state index >= 15 is 0 Å². The number of nitrogens with zero attached hydrogens (tertiary/aromatic N) is 3. The van der Waals surface area contributed by atoms with Crippen LogP contribution in [0.4, 0.5) is 0 Å². The van der Waals surface area contributed by atoms with Gasteiger partial charge in [-0.15, -0.1) is 0 Å². The van der Waals surface area contributed by atoms with Gasteiger partial charge in [0.1, 0.15) is 36.3 Å². The summed E-state index contributed by atoms with van der Waals surface area (Å²) in [5.41, 5.74) is 2.04. The summed E-state index contributed by atoms with van der Waals surface area (Å²) < 4.78 is 19.6. The largest absolute Gasteiger partial charge is 0.497 e. The van der Waals surface area contributed by atoms with Gasteiger partial charge in [-0.1, -0.05) is 33.8 Å². The molecule has 0 saturated carbocycles. The molecule has 0 fully saturated rings. The summed E-state index contributed by atoms with van der Waals surface area (Å²) in [5, 5.41) is 0. The summed E-state index contributed by atoms with van der Waals surface area (Å²) in [4.78, 5) is 7.23. The van der Waals surface area contributed by atoms with E-state index in [4.69, 9.17) is 19.2 Å². The lowest BCUT2D eigenvalue weighted by atomic mass is 10.2. The second-order valence-electron chi connectivity index (χ2n) is 8.03. The molecule has 31 heavy (non-hydrogen) atoms. The van der Waals surface area contributed by atoms with E-state index in [-0.39, 0.29) is 0 Å². The number of methoxy groups -OCH3 is 1. The minimum absolute atomic E-state index is 0.396. The summed E-state index contributed by atoms with van der Waals surface area (Å²) in [6.45, 7) is 13.7. The lowest BCUT2D eigenvalue weighted by Crippen LogP contribution is -2.27. The van der Waals surface area contributed by atoms with Crippen molar-refractivity contribution in [3.8, 4) is 17.2 Å². The van der Waals surface area contributed by atoms with E-state index in [1.807, 2.05) is 36.4 Å². The molecule has 0 saturated heterocycles. The number of fused-ring (bicyclic) bond motifs is 1. The molecule has 0 aliphatic carbocycles. The second kappa shape index (κ2) is 11.0. The third-order valence-electron chi connectivity index (χ3n) is 5.33. The van der Waals surface area contributed by atoms with Crippen molar-refractivity contribution < 1.29 is 14.2 Å². The summed E-state index contributed by atoms with van der Waals surface area (Å²) in [6, 6.07) is 13.8. The Kier molecular flexibility index (Phi) is 8.18. The zero-order valence-electron chi connectivity index (χ0n) is 19.4. The Hall–Kier alpha value is -2.73. The van der Waals surface area contributed by atoms with Crippen LogP contribution < -0.4 is 14.2 Å². The number of imidazole rings is 1. The SMILES string of the molecule is CCN(CC)CCOc1ccc2c(c1)nc(COc1cccc(OC)c1)n2CC(C)C. The van der Waals surface area contributed by atoms with Crippen molar-refractivity contribution in [2.45, 2.75) is 40.8 Å². The van der Waals surface area contributed by atoms with Gasteiger partial charge in [0.15, 0.2) is 0 Å². The summed E-state index contributed by atoms with van der Waals surface area (Å²) in [7, 11) is 1.66. The van der Waals surface area contributed by atoms with Crippen molar-refractivity contribution >= 4 is 11.0 Å². The maximum Gasteiger partial charge on any atom is 0.148 e. The maximum atomic E-state index is 6.03. The lowest BCUT2D eigenvalue weighted by molar-refractivity contribution is 0.223. The predicted molar refractivity (Wildman–Crippen MR) is 125 cm³/mol. The molecule has 3 rings (SSSR count). The van der Waals surface area contributed by atoms with Gasteiger partial charge in [-0.25, -0.2) is 4.98 Å². The average Bonchev–Trinajstić information content (AvgIpc) is 3.11. The Labute approximate surface area is 185 Å². The number of rotatable bonds is 12. The fourth-order valence-corrected chi connectivity index (χ4v) is 3.60. The first kappa shape index (κ1) is 22.9. The molecule has 1 heterocycles. The monoisotopic (exact) mass is 425 g/mol. The molecule has 1 aromatic heterocycles. The quantitative estimate of drug-likeness (QED) is 0.409. The topological polar surface area (TPSA) is 48.8 Å². The first-order valence-corrected chi connectivity index (χ1v) is 11.1. The van der Waals surface area contributed by atoms with Crippen LogP contribution in [-0.4, -0.2) is 47.8 Å². The molecule has 0 radical (unpaired) electrons. The molecule has 168 valence electrons. The number of hydrogen-bond donors (Lipinski definition) is 0. The molecule has 0 bridgehead atoms. The Morgan fingerprint density at radius 1 is 0.968 bits per heavy atom. The maximum absolute atomic E-state index is 6.03. The van der Waals surface area contributed by atoms with Crippen molar-refractivity contribution in [1.82, 2.24) is 14.5 Å². The minimum atomic E-state index is 0.396. The molecule has 2 aromatic carbocycles. The number of hydrogen-bond acceptors (Lipinski definition) is 5. The highest BCUT2D eigenvalue weighted by molar-refractivity contribution is 5.77. The Balaban J connectivity index is 1.77. The summed E-state index contributed by atoms with van der Waals surface area (Å²) in [6.07, 6.45) is 0. The number of ether oxygens (including phenoxy) is 3. The standard InChI is InChI=1S/C25H35N3O3/c1-6-27(7-2)13-14-30-22-11-12-24-23(16-22)26-25(28(24)17-19(3)4)18-31-21-10-8-9-20(15-21)29-5/h8-12,15-16,19H,6-7,13-14,17-18H2,1-5H3. The van der Waals surface area contributed by atoms with Gasteiger partial charge in [-0.3, -0.25) is 0 Å². The lowest BCUT2D eigenvalue weighted by Gasteiger charge is -2.18. The summed E-state index contributed by atoms with van der Waals surface area (Å²) >= 11 is 0. The van der Waals surface area contributed by atoms with Crippen molar-refractivity contribution in [2.75, 3.05) is 33.4 Å². The molecule has 0 unspecified atom stereocenters. The van der Waals surface area contributed by atoms with Gasteiger partial charge in [0.05, 0.1) is 18.1 Å². The highest BCUT2D eigenvalue weighted by Gasteiger charge is 2.14. The van der Waals surface area contributed by atoms with Crippen LogP contribution in [0.1, 0.15) is 33.5 Å². The molecular weight excluding hydrogens is 390 g/mol. The van der Waals surface area contributed by atoms with Gasteiger partial charge in [-0.05, 0) is 43.3 Å². The van der Waals surface area contributed by atoms with Crippen molar-refractivity contribution in [1.29, 1.82) is 0 Å². The highest BCUT2D eigenvalue weighted by atomic mass is 16.5. The number of likely N-dealkylation sites (N-methyl/N-ethyl adjacent to an activating group) is 1. The molecule has 0 N–H and O–H groups in total. The fourth-order valence-electron chi connectivity index (χ4n) is 3.60. The van der Waals surface area contributed by atoms with Gasteiger partial charge < -0.3 is 23.7 Å². The third kappa shape index (κ3) is 6.14. The highest BCUT2D eigenvalue weighted by Crippen LogP contribution is 2.25. The molecule has 0 aliphatic rings. The van der Waals surface area contributed by atoms with Gasteiger partial charge in [0.25, 0.3) is 0 Å². The van der Waals surface area contributed by atoms with Crippen LogP contribution in [0.5, 0.6) is 17.2 Å². The van der Waals surface area contributed by atoms with E-state index in [9.17, 15) is 0 Å². The van der Waals surface area contributed by atoms with E-state index in [0.29, 0.717) is 19.1 Å². The van der Waals surface area contributed by atoms with E-state index in [2.05, 4.69) is 43.2 Å². The first-order valence-electron chi connectivity index (χ1n) is 11.1. The Bertz CT molecular complexity index is 964. The molecule has 6 nitrogen and oxygen atoms in total. The second-order valence-corrected chi connectivity index (χ2v) is 8.03. The molecular formula is C25H35N3O3. The van der Waals surface area contributed by atoms with E-state index in [1.54, 1.807) is 7.11 Å². The van der Waals surface area contributed by atoms with Crippen molar-refractivity contribution in [3.63, 3.8) is 0 Å². The van der Waals surface area contributed by atoms with Gasteiger partial charge >= 0.3 is 0 Å². The van der Waals surface area contributed by atoms with Crippen LogP contribution in [0.2, 0.25) is 0 Å². The molecule has 0 atom stereocenters. The Morgan fingerprint density at radius 2 is 1.71 bits per heavy atom. The molecule has 0 amide bonds. The van der Waals surface area contributed by atoms with Crippen LogP contribution in [0.25, 0.3) is 11.0 Å². The molecule has 0 aliphatic heterocycles. The third-order valence-corrected chi connectivity index (χ3v) is 5.33. The van der Waals surface area contributed by atoms with Crippen LogP contribution in [-0.2, 0) is 13.2 Å². The zero-order chi connectivity index (χ0) is 22.2. The molecule has 6 heteroatoms. The van der Waals surface area contributed by atoms with Gasteiger partial charge in [0, 0.05) is 25.2 Å². The van der Waals surface area contributed by atoms with Crippen LogP contribution in [0, 0.1) is 5.92 Å². The Morgan fingerprint density at radius 3 is 2.42 bits per heavy atom. The number of aromatic nitrogens is 2. The molecule has 0 spiro atoms. The van der Waals surface area contributed by atoms with Crippen LogP contribution >= 0.6 is 0 Å². The van der Waals surface area contributed by atoms with E-state index < -0.39 is 0 Å². The minimum Gasteiger partial charge on any atom is -0.497 e. The van der Waals surface area contributed by atoms with E-state index in [1.165, 1.54) is 0 Å². The first-order chi connectivity index (χ1) is 15.0. The smallest absolute Gasteiger partial charge is 0.148 e. The zero-order valence-corrected chi connectivity index (χ0v) is 19.4. The van der Waals surface area contributed by atoms with Crippen LogP contribution in [0.3, 0.4) is 0 Å².